The van der Waals surface area contributed by atoms with Crippen LogP contribution in [-0.4, -0.2) is 72.8 Å². The van der Waals surface area contributed by atoms with Gasteiger partial charge in [-0.05, 0) is 48.5 Å². The monoisotopic (exact) mass is 556 g/mol. The highest BCUT2D eigenvalue weighted by atomic mass is 16.2. The number of hydrogen-bond acceptors (Lipinski definition) is 7. The molecule has 0 aliphatic carbocycles. The van der Waals surface area contributed by atoms with Gasteiger partial charge in [0.2, 0.25) is 17.8 Å². The Morgan fingerprint density at radius 2 is 1.76 bits per heavy atom. The zero-order chi connectivity index (χ0) is 29.0. The van der Waals surface area contributed by atoms with Gasteiger partial charge in [-0.15, -0.1) is 0 Å². The maximum absolute atomic E-state index is 12.7. The van der Waals surface area contributed by atoms with Crippen LogP contribution in [0.3, 0.4) is 0 Å². The Morgan fingerprint density at radius 3 is 2.51 bits per heavy atom. The van der Waals surface area contributed by atoms with Gasteiger partial charge < -0.3 is 31.5 Å². The number of amides is 4. The second-order valence-corrected chi connectivity index (χ2v) is 10.1. The summed E-state index contributed by atoms with van der Waals surface area (Å²) in [7, 11) is 1.92. The van der Waals surface area contributed by atoms with Gasteiger partial charge in [0.1, 0.15) is 19.7 Å². The first-order valence-corrected chi connectivity index (χ1v) is 14.0. The van der Waals surface area contributed by atoms with Crippen molar-refractivity contribution in [3.05, 3.63) is 66.4 Å². The molecule has 0 spiro atoms. The molecule has 2 aromatic carbocycles. The van der Waals surface area contributed by atoms with Crippen LogP contribution in [0.2, 0.25) is 0 Å². The summed E-state index contributed by atoms with van der Waals surface area (Å²) in [5.74, 6) is 0.651. The van der Waals surface area contributed by atoms with Gasteiger partial charge in [0, 0.05) is 57.1 Å². The molecule has 4 amide bonds. The lowest BCUT2D eigenvalue weighted by atomic mass is 9.99. The van der Waals surface area contributed by atoms with E-state index in [1.807, 2.05) is 67.3 Å². The number of benzene rings is 2. The van der Waals surface area contributed by atoms with E-state index >= 15 is 0 Å². The molecule has 214 valence electrons. The van der Waals surface area contributed by atoms with Crippen LogP contribution in [0.15, 0.2) is 60.8 Å². The van der Waals surface area contributed by atoms with Gasteiger partial charge in [0.25, 0.3) is 0 Å². The summed E-state index contributed by atoms with van der Waals surface area (Å²) in [4.78, 5) is 47.6. The Hall–Kier alpha value is -4.61. The van der Waals surface area contributed by atoms with E-state index in [4.69, 9.17) is 0 Å². The van der Waals surface area contributed by atoms with Crippen molar-refractivity contribution in [3.63, 3.8) is 0 Å². The van der Waals surface area contributed by atoms with Crippen LogP contribution in [0.25, 0.3) is 0 Å². The number of aromatic nitrogens is 2. The lowest BCUT2D eigenvalue weighted by Gasteiger charge is -2.18. The van der Waals surface area contributed by atoms with E-state index in [0.29, 0.717) is 43.4 Å². The van der Waals surface area contributed by atoms with Crippen LogP contribution in [0, 0.1) is 0 Å². The van der Waals surface area contributed by atoms with Crippen LogP contribution in [0.1, 0.15) is 31.7 Å². The largest absolute Gasteiger partial charge is 0.370 e. The zero-order valence-corrected chi connectivity index (χ0v) is 23.6. The Labute approximate surface area is 241 Å². The molecular weight excluding hydrogens is 519 g/mol. The van der Waals surface area contributed by atoms with Gasteiger partial charge in [0.15, 0.2) is 0 Å². The smallest absolute Gasteiger partial charge is 0.321 e. The van der Waals surface area contributed by atoms with Crippen molar-refractivity contribution < 1.29 is 14.4 Å². The Kier molecular flexibility index (Phi) is 10.5. The normalized spacial score (nSPS) is 13.2. The molecule has 1 unspecified atom stereocenters. The Balaban J connectivity index is 1.25. The number of urea groups is 1. The maximum atomic E-state index is 12.7. The average molecular weight is 556 g/mol. The van der Waals surface area contributed by atoms with Crippen molar-refractivity contribution >= 4 is 54.3 Å². The van der Waals surface area contributed by atoms with Crippen molar-refractivity contribution in [2.24, 2.45) is 0 Å². The molecule has 3 aromatic rings. The summed E-state index contributed by atoms with van der Waals surface area (Å²) in [5, 5.41) is 15.1. The molecule has 2 heterocycles. The maximum Gasteiger partial charge on any atom is 0.321 e. The molecule has 1 fully saturated rings. The molecule has 1 aliphatic rings. The van der Waals surface area contributed by atoms with Crippen molar-refractivity contribution in [2.45, 2.75) is 38.6 Å². The number of nitrogens with one attached hydrogen (secondary N) is 5. The second-order valence-electron chi connectivity index (χ2n) is 10.1. The quantitative estimate of drug-likeness (QED) is 0.169. The molecular formula is C29H37BN8O3. The standard InChI is InChI=1S/C29H37BN8O3/c1-20(39)34-25(17-21-9-3-2-4-10-21)27(40)32-14-8-13-31-26-24(30)19-33-28(37-26)35-22-11-7-12-23(18-22)36-29(41)38-15-5-6-16-38/h2-4,7,9-12,18-19,25H,5-6,8,13-17,30H2,1H3,(H,32,40)(H,34,39)(H,36,41)(H2,31,33,35,37). The fourth-order valence-corrected chi connectivity index (χ4v) is 4.54. The van der Waals surface area contributed by atoms with Crippen molar-refractivity contribution in [1.82, 2.24) is 25.5 Å². The molecule has 1 atom stereocenters. The zero-order valence-electron chi connectivity index (χ0n) is 23.6. The Bertz CT molecular complexity index is 1330. The van der Waals surface area contributed by atoms with Crippen LogP contribution >= 0.6 is 0 Å². The lowest BCUT2D eigenvalue weighted by Crippen LogP contribution is -2.47. The minimum absolute atomic E-state index is 0.0873. The van der Waals surface area contributed by atoms with E-state index in [9.17, 15) is 14.4 Å². The lowest BCUT2D eigenvalue weighted by molar-refractivity contribution is -0.128. The molecule has 5 N–H and O–H groups in total. The highest BCUT2D eigenvalue weighted by molar-refractivity contribution is 6.35. The van der Waals surface area contributed by atoms with Crippen molar-refractivity contribution in [1.29, 1.82) is 0 Å². The molecule has 12 heteroatoms. The summed E-state index contributed by atoms with van der Waals surface area (Å²) >= 11 is 0. The predicted octanol–water partition coefficient (Wildman–Crippen LogP) is 1.77. The molecule has 0 saturated carbocycles. The number of rotatable bonds is 12. The van der Waals surface area contributed by atoms with E-state index in [-0.39, 0.29) is 17.8 Å². The van der Waals surface area contributed by atoms with Gasteiger partial charge in [-0.3, -0.25) is 9.59 Å². The van der Waals surface area contributed by atoms with E-state index in [0.717, 1.165) is 42.6 Å². The predicted molar refractivity (Wildman–Crippen MR) is 164 cm³/mol. The summed E-state index contributed by atoms with van der Waals surface area (Å²) < 4.78 is 0. The molecule has 0 radical (unpaired) electrons. The SMILES string of the molecule is Bc1cnc(Nc2cccc(NC(=O)N3CCCC3)c2)nc1NCCCNC(=O)C(Cc1ccccc1)NC(C)=O. The number of likely N-dealkylation sites (tertiary alicyclic amines) is 1. The first-order chi connectivity index (χ1) is 19.9. The second kappa shape index (κ2) is 14.7. The fourth-order valence-electron chi connectivity index (χ4n) is 4.54. The minimum atomic E-state index is -0.632. The molecule has 1 aromatic heterocycles. The summed E-state index contributed by atoms with van der Waals surface area (Å²) in [6.07, 6.45) is 4.90. The number of carbonyl (C=O) groups excluding carboxylic acids is 3. The van der Waals surface area contributed by atoms with Gasteiger partial charge in [-0.25, -0.2) is 9.78 Å². The molecule has 0 bridgehead atoms. The molecule has 1 saturated heterocycles. The van der Waals surface area contributed by atoms with E-state index in [1.54, 1.807) is 6.20 Å². The Morgan fingerprint density at radius 1 is 1.00 bits per heavy atom. The van der Waals surface area contributed by atoms with Crippen LogP contribution < -0.4 is 32.0 Å². The van der Waals surface area contributed by atoms with E-state index in [2.05, 4.69) is 36.6 Å². The summed E-state index contributed by atoms with van der Waals surface area (Å²) in [6.45, 7) is 4.01. The third-order valence-electron chi connectivity index (χ3n) is 6.66. The average Bonchev–Trinajstić information content (AvgIpc) is 3.50. The number of nitrogens with zero attached hydrogens (tertiary/aromatic N) is 3. The molecule has 4 rings (SSSR count). The number of hydrogen-bond donors (Lipinski definition) is 5. The van der Waals surface area contributed by atoms with Gasteiger partial charge in [-0.1, -0.05) is 36.4 Å². The fraction of sp³-hybridized carbons (Fsp3) is 0.345. The van der Waals surface area contributed by atoms with Crippen molar-refractivity contribution in [2.75, 3.05) is 42.1 Å². The molecule has 41 heavy (non-hydrogen) atoms. The first-order valence-electron chi connectivity index (χ1n) is 14.0. The topological polar surface area (TPSA) is 140 Å². The number of carbonyl (C=O) groups is 3. The van der Waals surface area contributed by atoms with Crippen molar-refractivity contribution in [3.8, 4) is 0 Å². The highest BCUT2D eigenvalue weighted by Gasteiger charge is 2.20. The van der Waals surface area contributed by atoms with E-state index < -0.39 is 6.04 Å². The van der Waals surface area contributed by atoms with Crippen LogP contribution in [-0.2, 0) is 16.0 Å². The first kappa shape index (κ1) is 29.4. The third kappa shape index (κ3) is 9.23. The van der Waals surface area contributed by atoms with Crippen LogP contribution in [0.5, 0.6) is 0 Å². The minimum Gasteiger partial charge on any atom is -0.370 e. The number of anilines is 4. The third-order valence-corrected chi connectivity index (χ3v) is 6.66. The molecule has 1 aliphatic heterocycles. The summed E-state index contributed by atoms with van der Waals surface area (Å²) in [5.41, 5.74) is 3.32. The van der Waals surface area contributed by atoms with Gasteiger partial charge >= 0.3 is 6.03 Å². The van der Waals surface area contributed by atoms with E-state index in [1.165, 1.54) is 6.92 Å². The van der Waals surface area contributed by atoms with Gasteiger partial charge in [-0.2, -0.15) is 4.98 Å². The van der Waals surface area contributed by atoms with Gasteiger partial charge in [0.05, 0.1) is 0 Å². The summed E-state index contributed by atoms with van der Waals surface area (Å²) in [6, 6.07) is 16.3. The van der Waals surface area contributed by atoms with Crippen LogP contribution in [0.4, 0.5) is 27.9 Å². The highest BCUT2D eigenvalue weighted by Crippen LogP contribution is 2.19. The molecule has 11 nitrogen and oxygen atoms in total.